The maximum absolute atomic E-state index is 13.2. The Labute approximate surface area is 238 Å². The number of hydrogen-bond acceptors (Lipinski definition) is 6. The molecule has 8 heteroatoms. The zero-order valence-corrected chi connectivity index (χ0v) is 22.7. The Hall–Kier alpha value is -5.55. The standard InChI is InChI=1S/C33H28N4O4/c1-23(24-15-17-27(39-2)18-16-24)36-41-22-30(38)35-33-29(20-34)31(25-10-5-3-6-11-25)32(26-12-7-4-8-13-26)37(33)21-28-14-9-19-40-28/h3-19H,21-22H2,1-2H3,(H,35,38). The number of methoxy groups -OCH3 is 1. The predicted molar refractivity (Wildman–Crippen MR) is 158 cm³/mol. The van der Waals surface area contributed by atoms with Crippen molar-refractivity contribution in [1.82, 2.24) is 4.57 Å². The molecule has 3 aromatic carbocycles. The van der Waals surface area contributed by atoms with Crippen LogP contribution in [0.3, 0.4) is 0 Å². The van der Waals surface area contributed by atoms with E-state index in [-0.39, 0.29) is 6.61 Å². The van der Waals surface area contributed by atoms with Crippen molar-refractivity contribution in [2.75, 3.05) is 19.0 Å². The summed E-state index contributed by atoms with van der Waals surface area (Å²) in [4.78, 5) is 18.6. The Morgan fingerprint density at radius 3 is 2.24 bits per heavy atom. The number of nitrogens with zero attached hydrogens (tertiary/aromatic N) is 3. The fourth-order valence-electron chi connectivity index (χ4n) is 4.60. The summed E-state index contributed by atoms with van der Waals surface area (Å²) < 4.78 is 12.8. The van der Waals surface area contributed by atoms with Crippen molar-refractivity contribution < 1.29 is 18.8 Å². The van der Waals surface area contributed by atoms with E-state index >= 15 is 0 Å². The summed E-state index contributed by atoms with van der Waals surface area (Å²) in [6.45, 7) is 1.75. The Kier molecular flexibility index (Phi) is 8.27. The fourth-order valence-corrected chi connectivity index (χ4v) is 4.60. The van der Waals surface area contributed by atoms with Gasteiger partial charge < -0.3 is 23.9 Å². The van der Waals surface area contributed by atoms with Crippen molar-refractivity contribution in [2.24, 2.45) is 5.16 Å². The van der Waals surface area contributed by atoms with E-state index < -0.39 is 5.91 Å². The molecule has 8 nitrogen and oxygen atoms in total. The summed E-state index contributed by atoms with van der Waals surface area (Å²) in [5.74, 6) is 1.31. The van der Waals surface area contributed by atoms with Gasteiger partial charge in [-0.25, -0.2) is 0 Å². The molecule has 0 saturated heterocycles. The first-order chi connectivity index (χ1) is 20.1. The van der Waals surface area contributed by atoms with Crippen LogP contribution in [0.5, 0.6) is 5.75 Å². The number of anilines is 1. The lowest BCUT2D eigenvalue weighted by atomic mass is 9.98. The van der Waals surface area contributed by atoms with Crippen molar-refractivity contribution >= 4 is 17.4 Å². The molecular formula is C33H28N4O4. The largest absolute Gasteiger partial charge is 0.497 e. The first-order valence-corrected chi connectivity index (χ1v) is 13.0. The minimum atomic E-state index is -0.454. The Bertz CT molecular complexity index is 1680. The third-order valence-electron chi connectivity index (χ3n) is 6.54. The second-order valence-electron chi connectivity index (χ2n) is 9.18. The number of carbonyl (C=O) groups excluding carboxylic acids is 1. The number of hydrogen-bond donors (Lipinski definition) is 1. The molecule has 5 aromatic rings. The highest BCUT2D eigenvalue weighted by Crippen LogP contribution is 2.42. The second-order valence-corrected chi connectivity index (χ2v) is 9.18. The van der Waals surface area contributed by atoms with Gasteiger partial charge in [-0.2, -0.15) is 5.26 Å². The summed E-state index contributed by atoms with van der Waals surface area (Å²) >= 11 is 0. The first kappa shape index (κ1) is 27.0. The molecule has 5 rings (SSSR count). The zero-order valence-electron chi connectivity index (χ0n) is 22.7. The fraction of sp³-hybridized carbons (Fsp3) is 0.121. The molecule has 0 saturated carbocycles. The zero-order chi connectivity index (χ0) is 28.6. The highest BCUT2D eigenvalue weighted by Gasteiger charge is 2.27. The molecule has 0 fully saturated rings. The third kappa shape index (κ3) is 6.05. The molecule has 2 heterocycles. The highest BCUT2D eigenvalue weighted by atomic mass is 16.6. The van der Waals surface area contributed by atoms with Crippen molar-refractivity contribution in [3.8, 4) is 34.2 Å². The molecule has 0 bridgehead atoms. The van der Waals surface area contributed by atoms with Crippen LogP contribution in [0.25, 0.3) is 22.4 Å². The quantitative estimate of drug-likeness (QED) is 0.155. The minimum absolute atomic E-state index is 0.296. The molecule has 1 amide bonds. The molecule has 1 N–H and O–H groups in total. The number of aromatic nitrogens is 1. The van der Waals surface area contributed by atoms with Gasteiger partial charge in [0, 0.05) is 5.56 Å². The summed E-state index contributed by atoms with van der Waals surface area (Å²) in [5, 5.41) is 17.4. The van der Waals surface area contributed by atoms with Crippen LogP contribution >= 0.6 is 0 Å². The Balaban J connectivity index is 1.51. The summed E-state index contributed by atoms with van der Waals surface area (Å²) in [7, 11) is 1.60. The van der Waals surface area contributed by atoms with Gasteiger partial charge in [-0.05, 0) is 60.0 Å². The van der Waals surface area contributed by atoms with Crippen LogP contribution in [0, 0.1) is 11.3 Å². The number of furan rings is 1. The van der Waals surface area contributed by atoms with Crippen molar-refractivity contribution in [2.45, 2.75) is 13.5 Å². The smallest absolute Gasteiger partial charge is 0.266 e. The second kappa shape index (κ2) is 12.5. The van der Waals surface area contributed by atoms with Crippen molar-refractivity contribution in [3.63, 3.8) is 0 Å². The van der Waals surface area contributed by atoms with Gasteiger partial charge in [0.2, 0.25) is 0 Å². The number of carbonyl (C=O) groups is 1. The van der Waals surface area contributed by atoms with Gasteiger partial charge in [-0.15, -0.1) is 0 Å². The van der Waals surface area contributed by atoms with Gasteiger partial charge in [-0.1, -0.05) is 65.8 Å². The van der Waals surface area contributed by atoms with Gasteiger partial charge >= 0.3 is 0 Å². The van der Waals surface area contributed by atoms with Gasteiger partial charge in [0.25, 0.3) is 5.91 Å². The van der Waals surface area contributed by atoms with Crippen LogP contribution in [-0.4, -0.2) is 29.9 Å². The summed E-state index contributed by atoms with van der Waals surface area (Å²) in [6.07, 6.45) is 1.60. The molecule has 0 spiro atoms. The van der Waals surface area contributed by atoms with Gasteiger partial charge in [-0.3, -0.25) is 4.79 Å². The van der Waals surface area contributed by atoms with E-state index in [1.807, 2.05) is 95.6 Å². The number of benzene rings is 3. The van der Waals surface area contributed by atoms with E-state index in [1.54, 1.807) is 26.4 Å². The van der Waals surface area contributed by atoms with Gasteiger partial charge in [0.15, 0.2) is 6.61 Å². The molecule has 0 radical (unpaired) electrons. The molecule has 204 valence electrons. The lowest BCUT2D eigenvalue weighted by Gasteiger charge is -2.14. The number of nitrogens with one attached hydrogen (secondary N) is 1. The molecule has 2 aromatic heterocycles. The third-order valence-corrected chi connectivity index (χ3v) is 6.54. The van der Waals surface area contributed by atoms with E-state index in [0.717, 1.165) is 33.7 Å². The van der Waals surface area contributed by atoms with Crippen molar-refractivity contribution in [3.05, 3.63) is 120 Å². The molecule has 0 aliphatic heterocycles. The molecular weight excluding hydrogens is 516 g/mol. The Morgan fingerprint density at radius 2 is 1.63 bits per heavy atom. The highest BCUT2D eigenvalue weighted by molar-refractivity contribution is 5.99. The van der Waals surface area contributed by atoms with E-state index in [1.165, 1.54) is 0 Å². The molecule has 0 unspecified atom stereocenters. The number of rotatable bonds is 10. The number of nitriles is 1. The lowest BCUT2D eigenvalue weighted by Crippen LogP contribution is -2.20. The molecule has 0 atom stereocenters. The average molecular weight is 545 g/mol. The van der Waals surface area contributed by atoms with Crippen LogP contribution in [0.2, 0.25) is 0 Å². The molecule has 0 aliphatic carbocycles. The van der Waals surface area contributed by atoms with Gasteiger partial charge in [0.1, 0.15) is 29.0 Å². The maximum atomic E-state index is 13.2. The van der Waals surface area contributed by atoms with E-state index in [4.69, 9.17) is 14.0 Å². The van der Waals surface area contributed by atoms with E-state index in [2.05, 4.69) is 16.5 Å². The van der Waals surface area contributed by atoms with Crippen LogP contribution < -0.4 is 10.1 Å². The number of amides is 1. The molecule has 0 aliphatic rings. The van der Waals surface area contributed by atoms with E-state index in [9.17, 15) is 10.1 Å². The first-order valence-electron chi connectivity index (χ1n) is 13.0. The van der Waals surface area contributed by atoms with Crippen LogP contribution in [0.15, 0.2) is 113 Å². The molecule has 41 heavy (non-hydrogen) atoms. The maximum Gasteiger partial charge on any atom is 0.266 e. The summed E-state index contributed by atoms with van der Waals surface area (Å²) in [5.41, 5.74) is 5.04. The van der Waals surface area contributed by atoms with Crippen LogP contribution in [-0.2, 0) is 16.2 Å². The van der Waals surface area contributed by atoms with Crippen LogP contribution in [0.1, 0.15) is 23.8 Å². The average Bonchev–Trinajstić information content (AvgIpc) is 3.64. The monoisotopic (exact) mass is 544 g/mol. The predicted octanol–water partition coefficient (Wildman–Crippen LogP) is 6.72. The topological polar surface area (TPSA) is 102 Å². The number of oxime groups is 1. The lowest BCUT2D eigenvalue weighted by molar-refractivity contribution is -0.120. The Morgan fingerprint density at radius 1 is 0.951 bits per heavy atom. The minimum Gasteiger partial charge on any atom is -0.497 e. The summed E-state index contributed by atoms with van der Waals surface area (Å²) in [6, 6.07) is 32.8. The normalized spacial score (nSPS) is 11.1. The van der Waals surface area contributed by atoms with E-state index in [0.29, 0.717) is 29.4 Å². The number of ether oxygens (including phenoxy) is 1. The van der Waals surface area contributed by atoms with Crippen molar-refractivity contribution in [1.29, 1.82) is 5.26 Å². The van der Waals surface area contributed by atoms with Gasteiger partial charge in [0.05, 0.1) is 31.3 Å². The SMILES string of the molecule is COc1ccc(C(C)=NOCC(=O)Nc2c(C#N)c(-c3ccccc3)c(-c3ccccc3)n2Cc2ccco2)cc1. The van der Waals surface area contributed by atoms with Crippen LogP contribution in [0.4, 0.5) is 5.82 Å².